The summed E-state index contributed by atoms with van der Waals surface area (Å²) in [6, 6.07) is 0. The number of ether oxygens (including phenoxy) is 1. The third-order valence-corrected chi connectivity index (χ3v) is 1.34. The van der Waals surface area contributed by atoms with Crippen LogP contribution in [-0.4, -0.2) is 32.7 Å². The molecule has 0 aromatic carbocycles. The zero-order chi connectivity index (χ0) is 9.68. The number of aliphatic hydroxyl groups is 1. The first kappa shape index (κ1) is 9.66. The Morgan fingerprint density at radius 1 is 1.77 bits per heavy atom. The van der Waals surface area contributed by atoms with Crippen LogP contribution in [0.3, 0.4) is 0 Å². The maximum Gasteiger partial charge on any atom is 0.327 e. The van der Waals surface area contributed by atoms with E-state index in [1.54, 1.807) is 6.92 Å². The van der Waals surface area contributed by atoms with Crippen molar-refractivity contribution in [1.82, 2.24) is 15.0 Å². The summed E-state index contributed by atoms with van der Waals surface area (Å²) >= 11 is 0. The minimum atomic E-state index is -0.364. The van der Waals surface area contributed by atoms with E-state index in [9.17, 15) is 4.79 Å². The van der Waals surface area contributed by atoms with Gasteiger partial charge in [0, 0.05) is 0 Å². The monoisotopic (exact) mass is 185 g/mol. The molecule has 0 aliphatic carbocycles. The molecule has 1 rings (SSSR count). The zero-order valence-electron chi connectivity index (χ0n) is 7.30. The molecule has 1 aromatic heterocycles. The van der Waals surface area contributed by atoms with Gasteiger partial charge in [-0.3, -0.25) is 4.79 Å². The van der Waals surface area contributed by atoms with Crippen molar-refractivity contribution in [1.29, 1.82) is 0 Å². The zero-order valence-corrected chi connectivity index (χ0v) is 7.30. The Bertz CT molecular complexity index is 284. The predicted molar refractivity (Wildman–Crippen MR) is 42.6 cm³/mol. The number of rotatable bonds is 4. The molecule has 0 atom stereocenters. The lowest BCUT2D eigenvalue weighted by atomic mass is 10.5. The van der Waals surface area contributed by atoms with E-state index in [0.717, 1.165) is 0 Å². The number of carbonyl (C=O) groups excluding carboxylic acids is 1. The number of carbonyl (C=O) groups is 1. The van der Waals surface area contributed by atoms with Crippen LogP contribution >= 0.6 is 0 Å². The molecule has 0 unspecified atom stereocenters. The van der Waals surface area contributed by atoms with Gasteiger partial charge in [0.05, 0.1) is 19.4 Å². The van der Waals surface area contributed by atoms with Crippen molar-refractivity contribution in [2.45, 2.75) is 20.1 Å². The number of aliphatic hydroxyl groups excluding tert-OH is 1. The molecule has 0 aliphatic rings. The summed E-state index contributed by atoms with van der Waals surface area (Å²) in [4.78, 5) is 10.9. The van der Waals surface area contributed by atoms with Crippen LogP contribution in [0.2, 0.25) is 0 Å². The molecule has 1 aromatic rings. The maximum atomic E-state index is 10.9. The van der Waals surface area contributed by atoms with Crippen LogP contribution in [-0.2, 0) is 22.7 Å². The van der Waals surface area contributed by atoms with E-state index in [1.807, 2.05) is 0 Å². The van der Waals surface area contributed by atoms with Gasteiger partial charge in [-0.05, 0) is 6.92 Å². The number of hydrogen-bond donors (Lipinski definition) is 1. The first-order chi connectivity index (χ1) is 6.26. The van der Waals surface area contributed by atoms with Gasteiger partial charge in [0.2, 0.25) is 0 Å². The van der Waals surface area contributed by atoms with E-state index in [1.165, 1.54) is 10.9 Å². The molecule has 13 heavy (non-hydrogen) atoms. The smallest absolute Gasteiger partial charge is 0.327 e. The van der Waals surface area contributed by atoms with Crippen molar-refractivity contribution < 1.29 is 14.6 Å². The summed E-state index contributed by atoms with van der Waals surface area (Å²) in [5.41, 5.74) is 0.435. The van der Waals surface area contributed by atoms with E-state index in [2.05, 4.69) is 10.3 Å². The summed E-state index contributed by atoms with van der Waals surface area (Å²) < 4.78 is 6.02. The van der Waals surface area contributed by atoms with Gasteiger partial charge < -0.3 is 9.84 Å². The molecule has 0 bridgehead atoms. The lowest BCUT2D eigenvalue weighted by Crippen LogP contribution is -2.13. The summed E-state index contributed by atoms with van der Waals surface area (Å²) in [5, 5.41) is 15.9. The van der Waals surface area contributed by atoms with E-state index in [0.29, 0.717) is 12.3 Å². The van der Waals surface area contributed by atoms with Crippen molar-refractivity contribution in [2.24, 2.45) is 0 Å². The van der Waals surface area contributed by atoms with Crippen LogP contribution in [0.5, 0.6) is 0 Å². The largest absolute Gasteiger partial charge is 0.465 e. The number of aromatic nitrogens is 3. The van der Waals surface area contributed by atoms with E-state index in [4.69, 9.17) is 9.84 Å². The Labute approximate surface area is 75.1 Å². The van der Waals surface area contributed by atoms with Gasteiger partial charge in [0.15, 0.2) is 0 Å². The van der Waals surface area contributed by atoms with Crippen LogP contribution in [0.15, 0.2) is 6.20 Å². The van der Waals surface area contributed by atoms with Gasteiger partial charge in [-0.15, -0.1) is 5.10 Å². The normalized spacial score (nSPS) is 10.0. The van der Waals surface area contributed by atoms with E-state index >= 15 is 0 Å². The average molecular weight is 185 g/mol. The van der Waals surface area contributed by atoms with Crippen molar-refractivity contribution in [2.75, 3.05) is 6.61 Å². The van der Waals surface area contributed by atoms with Gasteiger partial charge in [-0.25, -0.2) is 4.68 Å². The second-order valence-electron chi connectivity index (χ2n) is 2.37. The van der Waals surface area contributed by atoms with Crippen molar-refractivity contribution in [3.63, 3.8) is 0 Å². The third kappa shape index (κ3) is 2.83. The van der Waals surface area contributed by atoms with Gasteiger partial charge in [-0.1, -0.05) is 5.21 Å². The molecule has 6 nitrogen and oxygen atoms in total. The Morgan fingerprint density at radius 3 is 3.08 bits per heavy atom. The third-order valence-electron chi connectivity index (χ3n) is 1.34. The summed E-state index contributed by atoms with van der Waals surface area (Å²) in [6.07, 6.45) is 1.50. The van der Waals surface area contributed by atoms with E-state index < -0.39 is 0 Å². The molecule has 0 spiro atoms. The first-order valence-corrected chi connectivity index (χ1v) is 3.91. The molecule has 0 radical (unpaired) electrons. The Morgan fingerprint density at radius 2 is 2.54 bits per heavy atom. The number of hydrogen-bond acceptors (Lipinski definition) is 5. The lowest BCUT2D eigenvalue weighted by Gasteiger charge is -1.99. The lowest BCUT2D eigenvalue weighted by molar-refractivity contribution is -0.144. The maximum absolute atomic E-state index is 10.9. The van der Waals surface area contributed by atoms with Gasteiger partial charge in [0.1, 0.15) is 12.2 Å². The fourth-order valence-electron chi connectivity index (χ4n) is 0.827. The van der Waals surface area contributed by atoms with Crippen LogP contribution in [0.25, 0.3) is 0 Å². The first-order valence-electron chi connectivity index (χ1n) is 3.91. The molecule has 72 valence electrons. The van der Waals surface area contributed by atoms with E-state index in [-0.39, 0.29) is 19.1 Å². The molecule has 0 aliphatic heterocycles. The fourth-order valence-corrected chi connectivity index (χ4v) is 0.827. The summed E-state index contributed by atoms with van der Waals surface area (Å²) in [5.74, 6) is -0.364. The van der Waals surface area contributed by atoms with Gasteiger partial charge in [0.25, 0.3) is 0 Å². The Hall–Kier alpha value is -1.43. The Balaban J connectivity index is 2.49. The van der Waals surface area contributed by atoms with Crippen LogP contribution in [0, 0.1) is 0 Å². The fraction of sp³-hybridized carbons (Fsp3) is 0.571. The highest BCUT2D eigenvalue weighted by Gasteiger charge is 2.05. The molecule has 0 amide bonds. The van der Waals surface area contributed by atoms with Crippen LogP contribution in [0.1, 0.15) is 12.6 Å². The number of esters is 1. The quantitative estimate of drug-likeness (QED) is 0.630. The Kier molecular flexibility index (Phi) is 3.39. The highest BCUT2D eigenvalue weighted by Crippen LogP contribution is 1.92. The SMILES string of the molecule is CCOC(=O)Cn1cc(CO)nn1. The molecule has 0 saturated carbocycles. The predicted octanol–water partition coefficient (Wildman–Crippen LogP) is -0.667. The van der Waals surface area contributed by atoms with Gasteiger partial charge >= 0.3 is 5.97 Å². The second kappa shape index (κ2) is 4.56. The number of nitrogens with zero attached hydrogens (tertiary/aromatic N) is 3. The van der Waals surface area contributed by atoms with Crippen molar-refractivity contribution in [3.05, 3.63) is 11.9 Å². The molecular weight excluding hydrogens is 174 g/mol. The van der Waals surface area contributed by atoms with Crippen molar-refractivity contribution >= 4 is 5.97 Å². The summed E-state index contributed by atoms with van der Waals surface area (Å²) in [7, 11) is 0. The molecular formula is C7H11N3O3. The standard InChI is InChI=1S/C7H11N3O3/c1-2-13-7(12)4-10-3-6(5-11)8-9-10/h3,11H,2,4-5H2,1H3. The minimum absolute atomic E-state index is 0.0286. The van der Waals surface area contributed by atoms with Crippen LogP contribution < -0.4 is 0 Å². The van der Waals surface area contributed by atoms with Gasteiger partial charge in [-0.2, -0.15) is 0 Å². The topological polar surface area (TPSA) is 77.2 Å². The molecule has 1 N–H and O–H groups in total. The minimum Gasteiger partial charge on any atom is -0.465 e. The molecule has 0 fully saturated rings. The highest BCUT2D eigenvalue weighted by molar-refractivity contribution is 5.68. The second-order valence-corrected chi connectivity index (χ2v) is 2.37. The van der Waals surface area contributed by atoms with Crippen molar-refractivity contribution in [3.8, 4) is 0 Å². The highest BCUT2D eigenvalue weighted by atomic mass is 16.5. The van der Waals surface area contributed by atoms with Crippen LogP contribution in [0.4, 0.5) is 0 Å². The average Bonchev–Trinajstić information content (AvgIpc) is 2.52. The molecule has 0 saturated heterocycles. The molecule has 6 heteroatoms. The summed E-state index contributed by atoms with van der Waals surface area (Å²) in [6.45, 7) is 1.93. The molecule has 1 heterocycles.